The number of hydrogen-bond donors (Lipinski definition) is 2. The number of carbonyl (C=O) groups is 1. The van der Waals surface area contributed by atoms with Gasteiger partial charge in [-0.3, -0.25) is 14.9 Å². The molecule has 7 nitrogen and oxygen atoms in total. The van der Waals surface area contributed by atoms with Crippen molar-refractivity contribution in [3.8, 4) is 0 Å². The Morgan fingerprint density at radius 3 is 2.62 bits per heavy atom. The van der Waals surface area contributed by atoms with Crippen LogP contribution in [0.5, 0.6) is 0 Å². The monoisotopic (exact) mass is 417 g/mol. The molecule has 1 heterocycles. The first-order valence-electron chi connectivity index (χ1n) is 7.86. The third-order valence-electron chi connectivity index (χ3n) is 4.00. The van der Waals surface area contributed by atoms with E-state index >= 15 is 0 Å². The first-order chi connectivity index (χ1) is 12.4. The number of aryl methyl sites for hydroxylation is 1. The molecule has 0 atom stereocenters. The van der Waals surface area contributed by atoms with E-state index in [9.17, 15) is 14.9 Å². The first kappa shape index (κ1) is 17.9. The number of nitrogens with one attached hydrogen (secondary N) is 1. The van der Waals surface area contributed by atoms with E-state index in [-0.39, 0.29) is 16.8 Å². The lowest BCUT2D eigenvalue weighted by molar-refractivity contribution is -0.383. The molecule has 0 aliphatic rings. The van der Waals surface area contributed by atoms with E-state index in [1.165, 1.54) is 0 Å². The third kappa shape index (κ3) is 3.55. The Hall–Kier alpha value is -2.87. The zero-order chi connectivity index (χ0) is 18.8. The van der Waals surface area contributed by atoms with Gasteiger partial charge in [0.2, 0.25) is 0 Å². The van der Waals surface area contributed by atoms with Crippen molar-refractivity contribution in [3.05, 3.63) is 67.9 Å². The van der Waals surface area contributed by atoms with Gasteiger partial charge >= 0.3 is 0 Å². The summed E-state index contributed by atoms with van der Waals surface area (Å²) in [5.41, 5.74) is 6.82. The summed E-state index contributed by atoms with van der Waals surface area (Å²) in [7, 11) is 0. The fraction of sp³-hybridized carbons (Fsp3) is 0.167. The number of hydrogen-bond acceptors (Lipinski definition) is 5. The number of amides is 1. The van der Waals surface area contributed by atoms with E-state index in [0.29, 0.717) is 29.8 Å². The van der Waals surface area contributed by atoms with E-state index in [1.54, 1.807) is 13.0 Å². The molecule has 1 amide bonds. The van der Waals surface area contributed by atoms with Crippen LogP contribution in [0.25, 0.3) is 11.0 Å². The molecule has 134 valence electrons. The topological polar surface area (TPSA) is 111 Å². The Morgan fingerprint density at radius 1 is 1.31 bits per heavy atom. The predicted molar refractivity (Wildman–Crippen MR) is 102 cm³/mol. The molecule has 3 N–H and O–H groups in total. The molecular weight excluding hydrogens is 402 g/mol. The molecule has 3 rings (SSSR count). The van der Waals surface area contributed by atoms with Crippen LogP contribution in [0.2, 0.25) is 0 Å². The lowest BCUT2D eigenvalue weighted by Gasteiger charge is -2.10. The zero-order valence-corrected chi connectivity index (χ0v) is 15.5. The minimum Gasteiger partial charge on any atom is -0.460 e. The first-order valence-corrected chi connectivity index (χ1v) is 8.65. The summed E-state index contributed by atoms with van der Waals surface area (Å²) in [6.45, 7) is 2.19. The summed E-state index contributed by atoms with van der Waals surface area (Å²) in [4.78, 5) is 22.6. The third-order valence-corrected chi connectivity index (χ3v) is 4.53. The van der Waals surface area contributed by atoms with Crippen molar-refractivity contribution in [1.82, 2.24) is 0 Å². The molecule has 8 heteroatoms. The number of primary amides is 1. The average molecular weight is 418 g/mol. The number of nitrogens with zero attached hydrogens (tertiary/aromatic N) is 1. The van der Waals surface area contributed by atoms with E-state index in [1.807, 2.05) is 24.3 Å². The molecule has 0 bridgehead atoms. The van der Waals surface area contributed by atoms with Gasteiger partial charge in [0.25, 0.3) is 11.6 Å². The van der Waals surface area contributed by atoms with Crippen molar-refractivity contribution < 1.29 is 14.1 Å². The fourth-order valence-electron chi connectivity index (χ4n) is 2.81. The molecule has 0 radical (unpaired) electrons. The van der Waals surface area contributed by atoms with Crippen LogP contribution in [-0.2, 0) is 6.42 Å². The Balaban J connectivity index is 1.96. The van der Waals surface area contributed by atoms with Crippen molar-refractivity contribution >= 4 is 44.2 Å². The van der Waals surface area contributed by atoms with Gasteiger partial charge in [0.05, 0.1) is 15.9 Å². The largest absolute Gasteiger partial charge is 0.460 e. The molecule has 26 heavy (non-hydrogen) atoms. The van der Waals surface area contributed by atoms with Crippen LogP contribution in [0, 0.1) is 17.0 Å². The average Bonchev–Trinajstić information content (AvgIpc) is 2.97. The van der Waals surface area contributed by atoms with Crippen LogP contribution in [0.15, 0.2) is 45.3 Å². The van der Waals surface area contributed by atoms with E-state index < -0.39 is 10.8 Å². The number of nitrogens with two attached hydrogens (primary N) is 1. The number of halogens is 1. The van der Waals surface area contributed by atoms with Crippen molar-refractivity contribution in [2.75, 3.05) is 11.9 Å². The van der Waals surface area contributed by atoms with Crippen molar-refractivity contribution in [1.29, 1.82) is 0 Å². The maximum atomic E-state index is 11.7. The number of nitro benzene ring substituents is 1. The smallest absolute Gasteiger partial charge is 0.294 e. The number of fused-ring (bicyclic) bond motifs is 1. The van der Waals surface area contributed by atoms with Gasteiger partial charge < -0.3 is 15.5 Å². The highest BCUT2D eigenvalue weighted by Gasteiger charge is 2.24. The van der Waals surface area contributed by atoms with Crippen LogP contribution in [0.3, 0.4) is 0 Å². The number of rotatable bonds is 6. The Morgan fingerprint density at radius 2 is 2.00 bits per heavy atom. The standard InChI is InChI=1S/C18H16BrN3O4/c1-10-8-13-16(21-7-6-11-2-4-12(19)5-3-11)15(22(24)25)9-14(18(20)23)17(13)26-10/h2-5,8-9,21H,6-7H2,1H3,(H2,20,23). The highest BCUT2D eigenvalue weighted by molar-refractivity contribution is 9.10. The minimum atomic E-state index is -0.770. The molecule has 0 saturated heterocycles. The van der Waals surface area contributed by atoms with E-state index in [0.717, 1.165) is 16.1 Å². The maximum absolute atomic E-state index is 11.7. The fourth-order valence-corrected chi connectivity index (χ4v) is 3.07. The SMILES string of the molecule is Cc1cc2c(NCCc3ccc(Br)cc3)c([N+](=O)[O-])cc(C(N)=O)c2o1. The van der Waals surface area contributed by atoms with E-state index in [4.69, 9.17) is 10.2 Å². The summed E-state index contributed by atoms with van der Waals surface area (Å²) in [6, 6.07) is 10.7. The molecule has 1 aromatic heterocycles. The van der Waals surface area contributed by atoms with Gasteiger partial charge in [-0.1, -0.05) is 28.1 Å². The van der Waals surface area contributed by atoms with Crippen LogP contribution in [-0.4, -0.2) is 17.4 Å². The van der Waals surface area contributed by atoms with E-state index in [2.05, 4.69) is 21.2 Å². The Kier molecular flexibility index (Phi) is 4.94. The quantitative estimate of drug-likeness (QED) is 0.461. The van der Waals surface area contributed by atoms with Crippen LogP contribution in [0.4, 0.5) is 11.4 Å². The summed E-state index contributed by atoms with van der Waals surface area (Å²) in [6.07, 6.45) is 0.681. The summed E-state index contributed by atoms with van der Waals surface area (Å²) >= 11 is 3.38. The number of furan rings is 1. The molecule has 0 saturated carbocycles. The Bertz CT molecular complexity index is 996. The number of nitro groups is 1. The highest BCUT2D eigenvalue weighted by atomic mass is 79.9. The van der Waals surface area contributed by atoms with Crippen molar-refractivity contribution in [2.24, 2.45) is 5.73 Å². The van der Waals surface area contributed by atoms with Crippen molar-refractivity contribution in [2.45, 2.75) is 13.3 Å². The normalized spacial score (nSPS) is 10.8. The lowest BCUT2D eigenvalue weighted by Crippen LogP contribution is -2.13. The van der Waals surface area contributed by atoms with Crippen LogP contribution >= 0.6 is 15.9 Å². The number of anilines is 1. The second-order valence-electron chi connectivity index (χ2n) is 5.84. The van der Waals surface area contributed by atoms with Gasteiger partial charge in [-0.15, -0.1) is 0 Å². The molecule has 3 aromatic rings. The van der Waals surface area contributed by atoms with Gasteiger partial charge in [0.15, 0.2) is 0 Å². The Labute approximate surface area is 157 Å². The van der Waals surface area contributed by atoms with Gasteiger partial charge in [0, 0.05) is 17.1 Å². The molecule has 2 aromatic carbocycles. The molecule has 0 unspecified atom stereocenters. The van der Waals surface area contributed by atoms with Crippen molar-refractivity contribution in [3.63, 3.8) is 0 Å². The van der Waals surface area contributed by atoms with Crippen LogP contribution < -0.4 is 11.1 Å². The minimum absolute atomic E-state index is 0.00161. The molecule has 0 spiro atoms. The van der Waals surface area contributed by atoms with Gasteiger partial charge in [0.1, 0.15) is 17.0 Å². The number of carbonyl (C=O) groups excluding carboxylic acids is 1. The lowest BCUT2D eigenvalue weighted by atomic mass is 10.1. The second kappa shape index (κ2) is 7.17. The zero-order valence-electron chi connectivity index (χ0n) is 13.9. The van der Waals surface area contributed by atoms with Gasteiger partial charge in [-0.05, 0) is 37.1 Å². The molecule has 0 aliphatic heterocycles. The number of benzene rings is 2. The summed E-state index contributed by atoms with van der Waals surface area (Å²) in [5.74, 6) is -0.229. The molecular formula is C18H16BrN3O4. The van der Waals surface area contributed by atoms with Crippen LogP contribution in [0.1, 0.15) is 21.7 Å². The second-order valence-corrected chi connectivity index (χ2v) is 6.76. The maximum Gasteiger partial charge on any atom is 0.294 e. The van der Waals surface area contributed by atoms with Gasteiger partial charge in [-0.2, -0.15) is 0 Å². The van der Waals surface area contributed by atoms with Gasteiger partial charge in [-0.25, -0.2) is 0 Å². The molecule has 0 aliphatic carbocycles. The predicted octanol–water partition coefficient (Wildman–Crippen LogP) is 4.17. The summed E-state index contributed by atoms with van der Waals surface area (Å²) in [5, 5.41) is 15.1. The highest BCUT2D eigenvalue weighted by Crippen LogP contribution is 2.37. The summed E-state index contributed by atoms with van der Waals surface area (Å²) < 4.78 is 6.53. The molecule has 0 fully saturated rings.